The zero-order valence-corrected chi connectivity index (χ0v) is 14.6. The van der Waals surface area contributed by atoms with E-state index in [1.54, 1.807) is 6.92 Å². The predicted octanol–water partition coefficient (Wildman–Crippen LogP) is 1.38. The molecule has 2 unspecified atom stereocenters. The van der Waals surface area contributed by atoms with Gasteiger partial charge in [0.25, 0.3) is 0 Å². The number of rotatable bonds is 5. The van der Waals surface area contributed by atoms with Crippen molar-refractivity contribution in [2.75, 3.05) is 39.3 Å². The minimum Gasteiger partial charge on any atom is -0.355 e. The van der Waals surface area contributed by atoms with Crippen LogP contribution in [0.2, 0.25) is 0 Å². The van der Waals surface area contributed by atoms with Crippen molar-refractivity contribution in [2.45, 2.75) is 26.2 Å². The first-order chi connectivity index (χ1) is 11.5. The van der Waals surface area contributed by atoms with Crippen LogP contribution in [0, 0.1) is 12.8 Å². The van der Waals surface area contributed by atoms with Crippen LogP contribution in [-0.4, -0.2) is 60.9 Å². The number of hydrogen-bond donors (Lipinski definition) is 1. The van der Waals surface area contributed by atoms with Gasteiger partial charge >= 0.3 is 0 Å². The summed E-state index contributed by atoms with van der Waals surface area (Å²) in [5, 5.41) is 3.08. The van der Waals surface area contributed by atoms with E-state index < -0.39 is 0 Å². The molecule has 5 nitrogen and oxygen atoms in total. The van der Waals surface area contributed by atoms with E-state index in [1.165, 1.54) is 11.1 Å². The highest BCUT2D eigenvalue weighted by molar-refractivity contribution is 5.82. The molecule has 1 saturated carbocycles. The summed E-state index contributed by atoms with van der Waals surface area (Å²) in [5.74, 6) is 0.869. The van der Waals surface area contributed by atoms with Crippen LogP contribution in [0.15, 0.2) is 24.3 Å². The standard InChI is InChI=1S/C19H27N3O2/c1-14-4-3-5-16(12-14)17-13-18(17)19(24)20-6-7-21-8-10-22(11-9-21)15(2)23/h3-5,12,17-18H,6-11,13H2,1-2H3,(H,20,24). The van der Waals surface area contributed by atoms with Crippen LogP contribution in [-0.2, 0) is 9.59 Å². The minimum absolute atomic E-state index is 0.140. The van der Waals surface area contributed by atoms with Crippen LogP contribution < -0.4 is 5.32 Å². The molecule has 2 aliphatic rings. The van der Waals surface area contributed by atoms with Crippen LogP contribution in [0.25, 0.3) is 0 Å². The molecule has 1 aliphatic heterocycles. The maximum atomic E-state index is 12.3. The van der Waals surface area contributed by atoms with E-state index in [0.29, 0.717) is 12.5 Å². The molecule has 1 saturated heterocycles. The molecule has 0 radical (unpaired) electrons. The van der Waals surface area contributed by atoms with Gasteiger partial charge in [-0.25, -0.2) is 0 Å². The third-order valence-corrected chi connectivity index (χ3v) is 5.14. The van der Waals surface area contributed by atoms with E-state index in [1.807, 2.05) is 4.90 Å². The van der Waals surface area contributed by atoms with Crippen molar-refractivity contribution in [1.82, 2.24) is 15.1 Å². The van der Waals surface area contributed by atoms with E-state index in [-0.39, 0.29) is 17.7 Å². The fourth-order valence-electron chi connectivity index (χ4n) is 3.51. The number of amides is 2. The fraction of sp³-hybridized carbons (Fsp3) is 0.579. The Labute approximate surface area is 144 Å². The second-order valence-electron chi connectivity index (χ2n) is 7.00. The molecule has 5 heteroatoms. The summed E-state index contributed by atoms with van der Waals surface area (Å²) in [6.45, 7) is 8.64. The van der Waals surface area contributed by atoms with Crippen LogP contribution in [0.4, 0.5) is 0 Å². The normalized spacial score (nSPS) is 23.8. The van der Waals surface area contributed by atoms with E-state index in [0.717, 1.165) is 39.1 Å². The SMILES string of the molecule is CC(=O)N1CCN(CCNC(=O)C2CC2c2cccc(C)c2)CC1. The number of nitrogens with one attached hydrogen (secondary N) is 1. The van der Waals surface area contributed by atoms with E-state index >= 15 is 0 Å². The van der Waals surface area contributed by atoms with Gasteiger partial charge in [0, 0.05) is 52.1 Å². The molecular formula is C19H27N3O2. The van der Waals surface area contributed by atoms with Crippen molar-refractivity contribution in [3.8, 4) is 0 Å². The van der Waals surface area contributed by atoms with Crippen LogP contribution in [0.1, 0.15) is 30.4 Å². The number of nitrogens with zero attached hydrogens (tertiary/aromatic N) is 2. The summed E-state index contributed by atoms with van der Waals surface area (Å²) in [5.41, 5.74) is 2.54. The molecule has 1 aliphatic carbocycles. The molecule has 130 valence electrons. The van der Waals surface area contributed by atoms with Gasteiger partial charge in [0.2, 0.25) is 11.8 Å². The van der Waals surface area contributed by atoms with Crippen molar-refractivity contribution in [1.29, 1.82) is 0 Å². The Morgan fingerprint density at radius 2 is 1.96 bits per heavy atom. The molecule has 2 amide bonds. The number of piperazine rings is 1. The molecule has 0 aromatic heterocycles. The zero-order valence-electron chi connectivity index (χ0n) is 14.6. The van der Waals surface area contributed by atoms with E-state index in [9.17, 15) is 9.59 Å². The highest BCUT2D eigenvalue weighted by Gasteiger charge is 2.43. The first kappa shape index (κ1) is 17.0. The summed E-state index contributed by atoms with van der Waals surface area (Å²) in [4.78, 5) is 27.8. The fourth-order valence-corrected chi connectivity index (χ4v) is 3.51. The van der Waals surface area contributed by atoms with Crippen LogP contribution in [0.5, 0.6) is 0 Å². The van der Waals surface area contributed by atoms with Gasteiger partial charge in [0.1, 0.15) is 0 Å². The van der Waals surface area contributed by atoms with Gasteiger partial charge in [-0.15, -0.1) is 0 Å². The molecule has 0 bridgehead atoms. The average molecular weight is 329 g/mol. The third kappa shape index (κ3) is 4.15. The Hall–Kier alpha value is -1.88. The molecule has 3 rings (SSSR count). The van der Waals surface area contributed by atoms with Gasteiger partial charge in [0.15, 0.2) is 0 Å². The lowest BCUT2D eigenvalue weighted by Crippen LogP contribution is -2.49. The predicted molar refractivity (Wildman–Crippen MR) is 93.7 cm³/mol. The second-order valence-corrected chi connectivity index (χ2v) is 7.00. The summed E-state index contributed by atoms with van der Waals surface area (Å²) in [6.07, 6.45) is 0.965. The Bertz CT molecular complexity index is 608. The molecule has 1 heterocycles. The van der Waals surface area contributed by atoms with Crippen molar-refractivity contribution < 1.29 is 9.59 Å². The van der Waals surface area contributed by atoms with Gasteiger partial charge in [-0.05, 0) is 24.8 Å². The van der Waals surface area contributed by atoms with Gasteiger partial charge < -0.3 is 10.2 Å². The number of hydrogen-bond acceptors (Lipinski definition) is 3. The summed E-state index contributed by atoms with van der Waals surface area (Å²) >= 11 is 0. The summed E-state index contributed by atoms with van der Waals surface area (Å²) in [7, 11) is 0. The topological polar surface area (TPSA) is 52.7 Å². The summed E-state index contributed by atoms with van der Waals surface area (Å²) in [6, 6.07) is 8.47. The van der Waals surface area contributed by atoms with Gasteiger partial charge in [-0.3, -0.25) is 14.5 Å². The van der Waals surface area contributed by atoms with Crippen molar-refractivity contribution in [3.05, 3.63) is 35.4 Å². The first-order valence-electron chi connectivity index (χ1n) is 8.87. The highest BCUT2D eigenvalue weighted by Crippen LogP contribution is 2.47. The van der Waals surface area contributed by atoms with Gasteiger partial charge in [-0.2, -0.15) is 0 Å². The third-order valence-electron chi connectivity index (χ3n) is 5.14. The van der Waals surface area contributed by atoms with Crippen molar-refractivity contribution in [2.24, 2.45) is 5.92 Å². The maximum absolute atomic E-state index is 12.3. The Kier molecular flexibility index (Phi) is 5.19. The van der Waals surface area contributed by atoms with E-state index in [4.69, 9.17) is 0 Å². The maximum Gasteiger partial charge on any atom is 0.223 e. The quantitative estimate of drug-likeness (QED) is 0.888. The minimum atomic E-state index is 0.140. The molecule has 2 atom stereocenters. The van der Waals surface area contributed by atoms with Crippen LogP contribution >= 0.6 is 0 Å². The van der Waals surface area contributed by atoms with Gasteiger partial charge in [0.05, 0.1) is 0 Å². The van der Waals surface area contributed by atoms with Crippen molar-refractivity contribution >= 4 is 11.8 Å². The van der Waals surface area contributed by atoms with E-state index in [2.05, 4.69) is 41.4 Å². The van der Waals surface area contributed by atoms with Crippen molar-refractivity contribution in [3.63, 3.8) is 0 Å². The molecule has 0 spiro atoms. The lowest BCUT2D eigenvalue weighted by molar-refractivity contribution is -0.130. The lowest BCUT2D eigenvalue weighted by Gasteiger charge is -2.34. The number of carbonyl (C=O) groups is 2. The highest BCUT2D eigenvalue weighted by atomic mass is 16.2. The number of carbonyl (C=O) groups excluding carboxylic acids is 2. The lowest BCUT2D eigenvalue weighted by atomic mass is 10.1. The molecule has 1 N–H and O–H groups in total. The molecular weight excluding hydrogens is 302 g/mol. The Morgan fingerprint density at radius 1 is 1.21 bits per heavy atom. The van der Waals surface area contributed by atoms with Crippen LogP contribution in [0.3, 0.4) is 0 Å². The van der Waals surface area contributed by atoms with Gasteiger partial charge in [-0.1, -0.05) is 29.8 Å². The Morgan fingerprint density at radius 3 is 2.62 bits per heavy atom. The zero-order chi connectivity index (χ0) is 17.1. The molecule has 1 aromatic rings. The molecule has 1 aromatic carbocycles. The molecule has 24 heavy (non-hydrogen) atoms. The monoisotopic (exact) mass is 329 g/mol. The number of benzene rings is 1. The first-order valence-corrected chi connectivity index (χ1v) is 8.87. The molecule has 2 fully saturated rings. The second kappa shape index (κ2) is 7.34. The largest absolute Gasteiger partial charge is 0.355 e. The Balaban J connectivity index is 1.36. The average Bonchev–Trinajstić information content (AvgIpc) is 3.36. The smallest absolute Gasteiger partial charge is 0.223 e. The summed E-state index contributed by atoms with van der Waals surface area (Å²) < 4.78 is 0. The number of aryl methyl sites for hydroxylation is 1.